The summed E-state index contributed by atoms with van der Waals surface area (Å²) < 4.78 is 33.0. The Balaban J connectivity index is 1.74. The van der Waals surface area contributed by atoms with Gasteiger partial charge in [0.1, 0.15) is 11.6 Å². The van der Waals surface area contributed by atoms with Crippen molar-refractivity contribution in [1.82, 2.24) is 14.7 Å². The average Bonchev–Trinajstić information content (AvgIpc) is 3.28. The van der Waals surface area contributed by atoms with Crippen LogP contribution in [0.4, 0.5) is 19.3 Å². The number of nitrogens with two attached hydrogens (primary N) is 1. The fourth-order valence-electron chi connectivity index (χ4n) is 5.75. The van der Waals surface area contributed by atoms with Crippen LogP contribution in [0.3, 0.4) is 0 Å². The van der Waals surface area contributed by atoms with E-state index in [2.05, 4.69) is 37.9 Å². The fourth-order valence-corrected chi connectivity index (χ4v) is 6.12. The maximum atomic E-state index is 15.9. The molecule has 10 heteroatoms. The molecule has 0 atom stereocenters. The molecule has 6 nitrogen and oxygen atoms in total. The Morgan fingerprint density at radius 1 is 1.02 bits per heavy atom. The summed E-state index contributed by atoms with van der Waals surface area (Å²) in [5, 5.41) is 8.44. The number of hydrogen-bond acceptors (Lipinski definition) is 3. The van der Waals surface area contributed by atoms with Crippen LogP contribution < -0.4 is 11.1 Å². The SMILES string of the molecule is CCc1cccc(CC)c1-n1nc2c(c1-c1cc(F)c(NC(N)=O)cc1F)CN(Cc1cc(Cl)ccc1Cl)C(C)(C)C2. The van der Waals surface area contributed by atoms with E-state index >= 15 is 8.78 Å². The normalized spacial score (nSPS) is 14.6. The zero-order valence-electron chi connectivity index (χ0n) is 24.0. The molecule has 2 amide bonds. The molecule has 0 unspecified atom stereocenters. The summed E-state index contributed by atoms with van der Waals surface area (Å²) in [6, 6.07) is 12.5. The highest BCUT2D eigenvalue weighted by molar-refractivity contribution is 6.33. The van der Waals surface area contributed by atoms with Crippen LogP contribution in [0.5, 0.6) is 0 Å². The second kappa shape index (κ2) is 11.7. The minimum Gasteiger partial charge on any atom is -0.351 e. The van der Waals surface area contributed by atoms with E-state index in [0.717, 1.165) is 58.6 Å². The molecule has 2 heterocycles. The molecule has 1 aliphatic heterocycles. The molecule has 1 aliphatic rings. The van der Waals surface area contributed by atoms with Crippen molar-refractivity contribution in [2.24, 2.45) is 5.73 Å². The summed E-state index contributed by atoms with van der Waals surface area (Å²) in [5.74, 6) is -1.50. The molecule has 0 bridgehead atoms. The number of aromatic nitrogens is 2. The van der Waals surface area contributed by atoms with Crippen LogP contribution >= 0.6 is 23.2 Å². The van der Waals surface area contributed by atoms with E-state index in [4.69, 9.17) is 34.0 Å². The number of primary amides is 1. The van der Waals surface area contributed by atoms with Crippen molar-refractivity contribution < 1.29 is 13.6 Å². The highest BCUT2D eigenvalue weighted by Gasteiger charge is 2.38. The van der Waals surface area contributed by atoms with Gasteiger partial charge < -0.3 is 11.1 Å². The molecular weight excluding hydrogens is 579 g/mol. The van der Waals surface area contributed by atoms with Crippen molar-refractivity contribution >= 4 is 34.9 Å². The van der Waals surface area contributed by atoms with Crippen LogP contribution in [0, 0.1) is 11.6 Å². The third-order valence-electron chi connectivity index (χ3n) is 7.99. The molecule has 0 radical (unpaired) electrons. The monoisotopic (exact) mass is 611 g/mol. The van der Waals surface area contributed by atoms with Crippen LogP contribution in [0.15, 0.2) is 48.5 Å². The third kappa shape index (κ3) is 5.63. The first-order valence-corrected chi connectivity index (χ1v) is 14.7. The van der Waals surface area contributed by atoms with Crippen molar-refractivity contribution in [2.45, 2.75) is 65.6 Å². The van der Waals surface area contributed by atoms with Crippen LogP contribution in [-0.4, -0.2) is 26.3 Å². The smallest absolute Gasteiger partial charge is 0.316 e. The van der Waals surface area contributed by atoms with Crippen molar-refractivity contribution in [3.8, 4) is 16.9 Å². The number of anilines is 1. The van der Waals surface area contributed by atoms with E-state index < -0.39 is 17.7 Å². The van der Waals surface area contributed by atoms with E-state index in [-0.39, 0.29) is 16.8 Å². The standard InChI is InChI=1S/C32H33Cl2F2N5O/c1-5-18-8-7-9-19(6-2)29(18)41-30(22-13-26(36)27(14-25(22)35)38-31(37)42)23-17-40(32(3,4)15-28(23)39-41)16-20-12-21(33)10-11-24(20)34/h7-14H,5-6,15-17H2,1-4H3,(H3,37,38,42). The van der Waals surface area contributed by atoms with E-state index in [9.17, 15) is 4.79 Å². The molecule has 1 aromatic heterocycles. The maximum absolute atomic E-state index is 15.9. The first-order valence-electron chi connectivity index (χ1n) is 13.9. The van der Waals surface area contributed by atoms with Crippen molar-refractivity contribution in [2.75, 3.05) is 5.32 Å². The van der Waals surface area contributed by atoms with Gasteiger partial charge in [-0.25, -0.2) is 18.3 Å². The lowest BCUT2D eigenvalue weighted by molar-refractivity contribution is 0.0883. The highest BCUT2D eigenvalue weighted by Crippen LogP contribution is 2.41. The molecule has 42 heavy (non-hydrogen) atoms. The van der Waals surface area contributed by atoms with Gasteiger partial charge in [-0.3, -0.25) is 4.90 Å². The number of rotatable bonds is 7. The number of urea groups is 1. The predicted octanol–water partition coefficient (Wildman–Crippen LogP) is 8.08. The van der Waals surface area contributed by atoms with Crippen molar-refractivity contribution in [1.29, 1.82) is 0 Å². The summed E-state index contributed by atoms with van der Waals surface area (Å²) in [6.07, 6.45) is 2.04. The summed E-state index contributed by atoms with van der Waals surface area (Å²) in [7, 11) is 0. The Morgan fingerprint density at radius 2 is 1.71 bits per heavy atom. The van der Waals surface area contributed by atoms with Gasteiger partial charge in [-0.2, -0.15) is 5.10 Å². The lowest BCUT2D eigenvalue weighted by Crippen LogP contribution is -2.47. The number of fused-ring (bicyclic) bond motifs is 1. The maximum Gasteiger partial charge on any atom is 0.316 e. The Hall–Kier alpha value is -3.46. The number of carbonyl (C=O) groups is 1. The quantitative estimate of drug-likeness (QED) is 0.222. The van der Waals surface area contributed by atoms with Gasteiger partial charge in [0.05, 0.1) is 22.8 Å². The Labute approximate surface area is 254 Å². The number of carbonyl (C=O) groups excluding carboxylic acids is 1. The number of benzene rings is 3. The molecule has 0 saturated carbocycles. The molecular formula is C32H33Cl2F2N5O. The molecule has 0 spiro atoms. The number of para-hydroxylation sites is 1. The van der Waals surface area contributed by atoms with Gasteiger partial charge in [-0.15, -0.1) is 0 Å². The second-order valence-electron chi connectivity index (χ2n) is 11.2. The molecule has 220 valence electrons. The van der Waals surface area contributed by atoms with Gasteiger partial charge in [-0.05, 0) is 67.6 Å². The summed E-state index contributed by atoms with van der Waals surface area (Å²) in [5.41, 5.74) is 10.5. The topological polar surface area (TPSA) is 76.2 Å². The summed E-state index contributed by atoms with van der Waals surface area (Å²) in [4.78, 5) is 13.7. The second-order valence-corrected chi connectivity index (χ2v) is 12.0. The van der Waals surface area contributed by atoms with Crippen LogP contribution in [-0.2, 0) is 32.4 Å². The van der Waals surface area contributed by atoms with Crippen LogP contribution in [0.25, 0.3) is 16.9 Å². The lowest BCUT2D eigenvalue weighted by Gasteiger charge is -2.42. The van der Waals surface area contributed by atoms with Gasteiger partial charge in [-0.1, -0.05) is 55.2 Å². The zero-order chi connectivity index (χ0) is 30.3. The highest BCUT2D eigenvalue weighted by atomic mass is 35.5. The van der Waals surface area contributed by atoms with Gasteiger partial charge in [0.15, 0.2) is 0 Å². The number of nitrogens with zero attached hydrogens (tertiary/aromatic N) is 3. The van der Waals surface area contributed by atoms with Crippen molar-refractivity contribution in [3.63, 3.8) is 0 Å². The number of amides is 2. The number of hydrogen-bond donors (Lipinski definition) is 2. The Morgan fingerprint density at radius 3 is 2.36 bits per heavy atom. The number of aryl methyl sites for hydroxylation is 2. The fraction of sp³-hybridized carbons (Fsp3) is 0.312. The van der Waals surface area contributed by atoms with Crippen LogP contribution in [0.1, 0.15) is 55.6 Å². The van der Waals surface area contributed by atoms with E-state index in [0.29, 0.717) is 35.2 Å². The molecule has 5 rings (SSSR count). The third-order valence-corrected chi connectivity index (χ3v) is 8.59. The van der Waals surface area contributed by atoms with Crippen LogP contribution in [0.2, 0.25) is 10.0 Å². The zero-order valence-corrected chi connectivity index (χ0v) is 25.5. The molecule has 0 saturated heterocycles. The van der Waals surface area contributed by atoms with Gasteiger partial charge in [0, 0.05) is 52.3 Å². The molecule has 3 aromatic carbocycles. The number of halogens is 4. The lowest BCUT2D eigenvalue weighted by atomic mass is 9.87. The van der Waals surface area contributed by atoms with Gasteiger partial charge in [0.25, 0.3) is 0 Å². The minimum absolute atomic E-state index is 0.0460. The first kappa shape index (κ1) is 30.0. The molecule has 0 fully saturated rings. The largest absolute Gasteiger partial charge is 0.351 e. The number of nitrogens with one attached hydrogen (secondary N) is 1. The van der Waals surface area contributed by atoms with Crippen molar-refractivity contribution in [3.05, 3.63) is 98.2 Å². The Bertz CT molecular complexity index is 1660. The molecule has 4 aromatic rings. The van der Waals surface area contributed by atoms with E-state index in [1.807, 2.05) is 24.3 Å². The van der Waals surface area contributed by atoms with E-state index in [1.165, 1.54) is 0 Å². The summed E-state index contributed by atoms with van der Waals surface area (Å²) in [6.45, 7) is 9.31. The Kier molecular flexibility index (Phi) is 8.34. The predicted molar refractivity (Wildman–Crippen MR) is 164 cm³/mol. The van der Waals surface area contributed by atoms with E-state index in [1.54, 1.807) is 16.8 Å². The minimum atomic E-state index is -0.981. The summed E-state index contributed by atoms with van der Waals surface area (Å²) >= 11 is 12.8. The van der Waals surface area contributed by atoms with Gasteiger partial charge >= 0.3 is 6.03 Å². The molecule has 0 aliphatic carbocycles. The molecule has 3 N–H and O–H groups in total. The van der Waals surface area contributed by atoms with Gasteiger partial charge in [0.2, 0.25) is 0 Å². The first-order chi connectivity index (χ1) is 19.9. The average molecular weight is 613 g/mol.